The van der Waals surface area contributed by atoms with Gasteiger partial charge < -0.3 is 19.6 Å². The summed E-state index contributed by atoms with van der Waals surface area (Å²) in [5.41, 5.74) is -1.15. The third-order valence-corrected chi connectivity index (χ3v) is 4.01. The predicted octanol–water partition coefficient (Wildman–Crippen LogP) is 3.94. The summed E-state index contributed by atoms with van der Waals surface area (Å²) in [6, 6.07) is 12.6. The summed E-state index contributed by atoms with van der Waals surface area (Å²) < 4.78 is 11.8. The smallest absolute Gasteiger partial charge is 0.224 e. The number of nitrogens with zero attached hydrogens (tertiary/aromatic N) is 2. The Labute approximate surface area is 147 Å². The second-order valence-electron chi connectivity index (χ2n) is 5.38. The Kier molecular flexibility index (Phi) is 4.82. The summed E-state index contributed by atoms with van der Waals surface area (Å²) in [5.74, 6) is 2.08. The maximum Gasteiger partial charge on any atom is 0.224 e. The van der Waals surface area contributed by atoms with Crippen molar-refractivity contribution in [1.82, 2.24) is 9.97 Å². The van der Waals surface area contributed by atoms with E-state index in [-0.39, 0.29) is 6.54 Å². The Hall–Kier alpha value is -2.38. The number of aromatic nitrogens is 2. The van der Waals surface area contributed by atoms with Crippen molar-refractivity contribution in [3.8, 4) is 11.6 Å². The average molecular weight is 390 g/mol. The van der Waals surface area contributed by atoms with E-state index in [1.165, 1.54) is 12.6 Å². The Balaban J connectivity index is 1.68. The van der Waals surface area contributed by atoms with E-state index in [4.69, 9.17) is 9.15 Å². The van der Waals surface area contributed by atoms with Gasteiger partial charge in [-0.05, 0) is 47.1 Å². The zero-order valence-corrected chi connectivity index (χ0v) is 14.5. The second kappa shape index (κ2) is 7.02. The molecule has 0 aliphatic carbocycles. The molecule has 124 valence electrons. The van der Waals surface area contributed by atoms with Gasteiger partial charge >= 0.3 is 0 Å². The van der Waals surface area contributed by atoms with E-state index in [9.17, 15) is 5.11 Å². The van der Waals surface area contributed by atoms with Gasteiger partial charge in [0.25, 0.3) is 0 Å². The van der Waals surface area contributed by atoms with Crippen LogP contribution in [0.5, 0.6) is 11.6 Å². The van der Waals surface area contributed by atoms with Crippen molar-refractivity contribution >= 4 is 21.7 Å². The van der Waals surface area contributed by atoms with Crippen LogP contribution in [0.1, 0.15) is 12.7 Å². The topological polar surface area (TPSA) is 80.4 Å². The first kappa shape index (κ1) is 16.5. The lowest BCUT2D eigenvalue weighted by molar-refractivity contribution is 0.0476. The van der Waals surface area contributed by atoms with E-state index in [1.807, 2.05) is 24.3 Å². The minimum absolute atomic E-state index is 0.228. The molecule has 24 heavy (non-hydrogen) atoms. The van der Waals surface area contributed by atoms with Gasteiger partial charge in [0.15, 0.2) is 0 Å². The first-order valence-corrected chi connectivity index (χ1v) is 8.08. The molecule has 2 heterocycles. The number of ether oxygens (including phenoxy) is 1. The number of aliphatic hydroxyl groups is 1. The molecule has 7 heteroatoms. The van der Waals surface area contributed by atoms with Crippen LogP contribution in [0.25, 0.3) is 0 Å². The molecule has 1 atom stereocenters. The Morgan fingerprint density at radius 1 is 1.25 bits per heavy atom. The highest BCUT2D eigenvalue weighted by Gasteiger charge is 2.26. The molecule has 6 nitrogen and oxygen atoms in total. The normalized spacial score (nSPS) is 13.3. The molecular formula is C17H16BrN3O3. The van der Waals surface area contributed by atoms with E-state index in [2.05, 4.69) is 31.2 Å². The van der Waals surface area contributed by atoms with Crippen LogP contribution in [0.15, 0.2) is 63.9 Å². The van der Waals surface area contributed by atoms with Crippen molar-refractivity contribution in [3.05, 3.63) is 65.3 Å². The molecular weight excluding hydrogens is 374 g/mol. The third-order valence-electron chi connectivity index (χ3n) is 3.36. The molecule has 0 amide bonds. The number of hydrogen-bond acceptors (Lipinski definition) is 6. The van der Waals surface area contributed by atoms with Crippen LogP contribution in [0.2, 0.25) is 0 Å². The lowest BCUT2D eigenvalue weighted by atomic mass is 10.0. The first-order chi connectivity index (χ1) is 11.5. The number of furan rings is 1. The minimum Gasteiger partial charge on any atom is -0.466 e. The highest BCUT2D eigenvalue weighted by Crippen LogP contribution is 2.29. The fourth-order valence-corrected chi connectivity index (χ4v) is 2.43. The highest BCUT2D eigenvalue weighted by atomic mass is 79.9. The predicted molar refractivity (Wildman–Crippen MR) is 93.0 cm³/mol. The van der Waals surface area contributed by atoms with Gasteiger partial charge in [-0.15, -0.1) is 0 Å². The molecule has 1 aromatic carbocycles. The standard InChI is InChI=1S/C17H16BrN3O3/c1-17(22,14-7-4-8-23-14)10-19-15-9-16(21-11-20-15)24-13-6-3-2-5-12(13)18/h2-9,11,22H,10H2,1H3,(H,19,20,21). The van der Waals surface area contributed by atoms with E-state index < -0.39 is 5.60 Å². The molecule has 0 saturated carbocycles. The van der Waals surface area contributed by atoms with Gasteiger partial charge in [-0.2, -0.15) is 0 Å². The van der Waals surface area contributed by atoms with Gasteiger partial charge in [-0.1, -0.05) is 12.1 Å². The molecule has 0 aliphatic rings. The van der Waals surface area contributed by atoms with Crippen molar-refractivity contribution < 1.29 is 14.3 Å². The Bertz CT molecular complexity index is 806. The van der Waals surface area contributed by atoms with Crippen LogP contribution in [-0.2, 0) is 5.60 Å². The maximum atomic E-state index is 10.4. The number of para-hydroxylation sites is 1. The van der Waals surface area contributed by atoms with Crippen molar-refractivity contribution in [3.63, 3.8) is 0 Å². The van der Waals surface area contributed by atoms with E-state index >= 15 is 0 Å². The Morgan fingerprint density at radius 2 is 2.08 bits per heavy atom. The zero-order valence-electron chi connectivity index (χ0n) is 12.9. The van der Waals surface area contributed by atoms with E-state index in [0.717, 1.165) is 4.47 Å². The molecule has 0 radical (unpaired) electrons. The molecule has 0 spiro atoms. The largest absolute Gasteiger partial charge is 0.466 e. The minimum atomic E-state index is -1.15. The maximum absolute atomic E-state index is 10.4. The number of benzene rings is 1. The molecule has 3 rings (SSSR count). The van der Waals surface area contributed by atoms with Crippen molar-refractivity contribution in [2.45, 2.75) is 12.5 Å². The SMILES string of the molecule is CC(O)(CNc1cc(Oc2ccccc2Br)ncn1)c1ccco1. The summed E-state index contributed by atoms with van der Waals surface area (Å²) in [6.07, 6.45) is 2.92. The van der Waals surface area contributed by atoms with Gasteiger partial charge in [-0.3, -0.25) is 0 Å². The molecule has 0 fully saturated rings. The van der Waals surface area contributed by atoms with Crippen molar-refractivity contribution in [2.75, 3.05) is 11.9 Å². The molecule has 0 aliphatic heterocycles. The summed E-state index contributed by atoms with van der Waals surface area (Å²) in [7, 11) is 0. The number of hydrogen-bond donors (Lipinski definition) is 2. The summed E-state index contributed by atoms with van der Waals surface area (Å²) in [5, 5.41) is 13.5. The summed E-state index contributed by atoms with van der Waals surface area (Å²) >= 11 is 3.42. The third kappa shape index (κ3) is 3.93. The van der Waals surface area contributed by atoms with Crippen molar-refractivity contribution in [1.29, 1.82) is 0 Å². The Morgan fingerprint density at radius 3 is 2.83 bits per heavy atom. The van der Waals surface area contributed by atoms with Gasteiger partial charge in [0.05, 0.1) is 17.3 Å². The van der Waals surface area contributed by atoms with Gasteiger partial charge in [-0.25, -0.2) is 9.97 Å². The monoisotopic (exact) mass is 389 g/mol. The summed E-state index contributed by atoms with van der Waals surface area (Å²) in [4.78, 5) is 8.23. The highest BCUT2D eigenvalue weighted by molar-refractivity contribution is 9.10. The number of rotatable bonds is 6. The number of halogens is 1. The molecule has 0 saturated heterocycles. The quantitative estimate of drug-likeness (QED) is 0.664. The number of anilines is 1. The van der Waals surface area contributed by atoms with Crippen LogP contribution in [-0.4, -0.2) is 21.6 Å². The van der Waals surface area contributed by atoms with Crippen LogP contribution in [0, 0.1) is 0 Å². The average Bonchev–Trinajstić information content (AvgIpc) is 3.11. The van der Waals surface area contributed by atoms with E-state index in [1.54, 1.807) is 25.1 Å². The molecule has 1 unspecified atom stereocenters. The van der Waals surface area contributed by atoms with Crippen LogP contribution >= 0.6 is 15.9 Å². The van der Waals surface area contributed by atoms with Crippen molar-refractivity contribution in [2.24, 2.45) is 0 Å². The van der Waals surface area contributed by atoms with Gasteiger partial charge in [0.1, 0.15) is 29.3 Å². The van der Waals surface area contributed by atoms with Gasteiger partial charge in [0, 0.05) is 6.07 Å². The second-order valence-corrected chi connectivity index (χ2v) is 6.23. The number of nitrogens with one attached hydrogen (secondary N) is 1. The molecule has 3 aromatic rings. The van der Waals surface area contributed by atoms with Gasteiger partial charge in [0.2, 0.25) is 5.88 Å². The van der Waals surface area contributed by atoms with E-state index in [0.29, 0.717) is 23.2 Å². The lowest BCUT2D eigenvalue weighted by Gasteiger charge is -2.21. The molecule has 0 bridgehead atoms. The fraction of sp³-hybridized carbons (Fsp3) is 0.176. The lowest BCUT2D eigenvalue weighted by Crippen LogP contribution is -2.30. The summed E-state index contributed by atoms with van der Waals surface area (Å²) in [6.45, 7) is 1.89. The van der Waals surface area contributed by atoms with Crippen LogP contribution in [0.3, 0.4) is 0 Å². The molecule has 2 N–H and O–H groups in total. The zero-order chi connectivity index (χ0) is 17.0. The van der Waals surface area contributed by atoms with Crippen LogP contribution in [0.4, 0.5) is 5.82 Å². The van der Waals surface area contributed by atoms with Crippen LogP contribution < -0.4 is 10.1 Å². The fourth-order valence-electron chi connectivity index (χ4n) is 2.07. The first-order valence-electron chi connectivity index (χ1n) is 7.29. The molecule has 2 aromatic heterocycles.